The zero-order valence-electron chi connectivity index (χ0n) is 13.5. The molecular formula is C16H20N6O2. The number of aromatic nitrogens is 2. The van der Waals surface area contributed by atoms with Crippen LogP contribution in [0.2, 0.25) is 0 Å². The molecule has 0 fully saturated rings. The Bertz CT molecular complexity index is 736. The van der Waals surface area contributed by atoms with E-state index < -0.39 is 0 Å². The smallest absolute Gasteiger partial charge is 0.292 e. The van der Waals surface area contributed by atoms with Crippen LogP contribution in [0.4, 0.5) is 17.2 Å². The number of para-hydroxylation sites is 2. The van der Waals surface area contributed by atoms with Crippen LogP contribution in [0.1, 0.15) is 11.3 Å². The number of nitro groups is 1. The van der Waals surface area contributed by atoms with Gasteiger partial charge in [0.2, 0.25) is 0 Å². The van der Waals surface area contributed by atoms with Gasteiger partial charge in [0.25, 0.3) is 5.69 Å². The maximum atomic E-state index is 11.0. The van der Waals surface area contributed by atoms with E-state index in [1.165, 1.54) is 6.07 Å². The summed E-state index contributed by atoms with van der Waals surface area (Å²) in [5, 5.41) is 17.4. The second-order valence-electron chi connectivity index (χ2n) is 5.76. The lowest BCUT2D eigenvalue weighted by Crippen LogP contribution is -2.29. The number of nitro benzene ring substituents is 1. The molecule has 1 aliphatic rings. The highest BCUT2D eigenvalue weighted by atomic mass is 16.6. The first-order valence-corrected chi connectivity index (χ1v) is 7.87. The first kappa shape index (κ1) is 16.1. The summed E-state index contributed by atoms with van der Waals surface area (Å²) in [6.07, 6.45) is 2.51. The van der Waals surface area contributed by atoms with Crippen molar-refractivity contribution in [3.63, 3.8) is 0 Å². The lowest BCUT2D eigenvalue weighted by Gasteiger charge is -2.25. The van der Waals surface area contributed by atoms with Gasteiger partial charge in [0.15, 0.2) is 0 Å². The lowest BCUT2D eigenvalue weighted by atomic mass is 10.1. The number of anilines is 2. The molecule has 0 aliphatic carbocycles. The number of hydrogen-bond acceptors (Lipinski definition) is 7. The Balaban J connectivity index is 1.59. The standard InChI is InChI=1S/C16H20N6O2/c1-21-9-6-13-12(10-21)16(20-11-19-13)18-8-7-17-14-4-2-3-5-15(14)22(23)24/h2-5,11,17H,6-10H2,1H3,(H,18,19,20). The van der Waals surface area contributed by atoms with E-state index in [9.17, 15) is 10.1 Å². The van der Waals surface area contributed by atoms with Crippen molar-refractivity contribution in [1.82, 2.24) is 14.9 Å². The second-order valence-corrected chi connectivity index (χ2v) is 5.76. The third kappa shape index (κ3) is 3.60. The van der Waals surface area contributed by atoms with Crippen LogP contribution >= 0.6 is 0 Å². The number of rotatable bonds is 6. The molecule has 8 heteroatoms. The van der Waals surface area contributed by atoms with Crippen LogP contribution in [0.25, 0.3) is 0 Å². The molecule has 0 amide bonds. The minimum atomic E-state index is -0.383. The van der Waals surface area contributed by atoms with Crippen LogP contribution < -0.4 is 10.6 Å². The van der Waals surface area contributed by atoms with E-state index in [0.29, 0.717) is 18.8 Å². The van der Waals surface area contributed by atoms with Gasteiger partial charge in [0.1, 0.15) is 17.8 Å². The van der Waals surface area contributed by atoms with Crippen LogP contribution in [-0.4, -0.2) is 46.5 Å². The quantitative estimate of drug-likeness (QED) is 0.475. The highest BCUT2D eigenvalue weighted by Gasteiger charge is 2.18. The Labute approximate surface area is 140 Å². The molecule has 1 aromatic heterocycles. The summed E-state index contributed by atoms with van der Waals surface area (Å²) in [6.45, 7) is 3.00. The summed E-state index contributed by atoms with van der Waals surface area (Å²) in [7, 11) is 2.08. The van der Waals surface area contributed by atoms with Gasteiger partial charge < -0.3 is 15.5 Å². The molecule has 126 valence electrons. The molecule has 8 nitrogen and oxygen atoms in total. The van der Waals surface area contributed by atoms with Gasteiger partial charge in [-0.1, -0.05) is 12.1 Å². The van der Waals surface area contributed by atoms with Crippen molar-refractivity contribution in [1.29, 1.82) is 0 Å². The number of hydrogen-bond donors (Lipinski definition) is 2. The summed E-state index contributed by atoms with van der Waals surface area (Å²) in [6, 6.07) is 6.64. The molecule has 2 aromatic rings. The fourth-order valence-electron chi connectivity index (χ4n) is 2.79. The van der Waals surface area contributed by atoms with Crippen LogP contribution in [0.15, 0.2) is 30.6 Å². The van der Waals surface area contributed by atoms with E-state index in [2.05, 4.69) is 32.5 Å². The molecule has 2 heterocycles. The molecule has 3 rings (SSSR count). The SMILES string of the molecule is CN1CCc2ncnc(NCCNc3ccccc3[N+](=O)[O-])c2C1. The van der Waals surface area contributed by atoms with E-state index in [4.69, 9.17) is 0 Å². The maximum Gasteiger partial charge on any atom is 0.292 e. The predicted octanol–water partition coefficient (Wildman–Crippen LogP) is 1.90. The number of fused-ring (bicyclic) bond motifs is 1. The average Bonchev–Trinajstić information content (AvgIpc) is 2.59. The van der Waals surface area contributed by atoms with Crippen molar-refractivity contribution < 1.29 is 4.92 Å². The first-order chi connectivity index (χ1) is 11.6. The number of likely N-dealkylation sites (N-methyl/N-ethyl adjacent to an activating group) is 1. The van der Waals surface area contributed by atoms with Crippen LogP contribution in [-0.2, 0) is 13.0 Å². The van der Waals surface area contributed by atoms with Crippen molar-refractivity contribution in [3.05, 3.63) is 52.0 Å². The first-order valence-electron chi connectivity index (χ1n) is 7.87. The van der Waals surface area contributed by atoms with Crippen LogP contribution in [0, 0.1) is 10.1 Å². The van der Waals surface area contributed by atoms with E-state index in [-0.39, 0.29) is 10.6 Å². The maximum absolute atomic E-state index is 11.0. The zero-order valence-corrected chi connectivity index (χ0v) is 13.5. The topological polar surface area (TPSA) is 96.2 Å². The zero-order chi connectivity index (χ0) is 16.9. The minimum absolute atomic E-state index is 0.0820. The third-order valence-electron chi connectivity index (χ3n) is 4.03. The Kier molecular flexibility index (Phi) is 4.85. The summed E-state index contributed by atoms with van der Waals surface area (Å²) in [4.78, 5) is 21.5. The highest BCUT2D eigenvalue weighted by molar-refractivity contribution is 5.61. The van der Waals surface area contributed by atoms with Gasteiger partial charge in [-0.2, -0.15) is 0 Å². The van der Waals surface area contributed by atoms with Crippen LogP contribution in [0.5, 0.6) is 0 Å². The molecule has 2 N–H and O–H groups in total. The summed E-state index contributed by atoms with van der Waals surface area (Å²) in [5.74, 6) is 0.843. The van der Waals surface area contributed by atoms with E-state index in [0.717, 1.165) is 36.6 Å². The van der Waals surface area contributed by atoms with Crippen LogP contribution in [0.3, 0.4) is 0 Å². The summed E-state index contributed by atoms with van der Waals surface area (Å²) < 4.78 is 0. The van der Waals surface area contributed by atoms with E-state index >= 15 is 0 Å². The van der Waals surface area contributed by atoms with Crippen molar-refractivity contribution in [2.24, 2.45) is 0 Å². The fraction of sp³-hybridized carbons (Fsp3) is 0.375. The van der Waals surface area contributed by atoms with E-state index in [1.54, 1.807) is 24.5 Å². The molecule has 0 unspecified atom stereocenters. The molecule has 1 aromatic carbocycles. The molecule has 0 radical (unpaired) electrons. The molecule has 1 aliphatic heterocycles. The Morgan fingerprint density at radius 3 is 2.88 bits per heavy atom. The summed E-state index contributed by atoms with van der Waals surface area (Å²) >= 11 is 0. The minimum Gasteiger partial charge on any atom is -0.378 e. The molecule has 0 bridgehead atoms. The Morgan fingerprint density at radius 1 is 1.25 bits per heavy atom. The van der Waals surface area contributed by atoms with Gasteiger partial charge in [0, 0.05) is 44.2 Å². The van der Waals surface area contributed by atoms with Gasteiger partial charge >= 0.3 is 0 Å². The molecule has 0 spiro atoms. The average molecular weight is 328 g/mol. The largest absolute Gasteiger partial charge is 0.378 e. The molecule has 0 saturated heterocycles. The van der Waals surface area contributed by atoms with Gasteiger partial charge in [-0.15, -0.1) is 0 Å². The van der Waals surface area contributed by atoms with Crippen molar-refractivity contribution >= 4 is 17.2 Å². The normalized spacial score (nSPS) is 14.0. The lowest BCUT2D eigenvalue weighted by molar-refractivity contribution is -0.384. The number of benzene rings is 1. The number of nitrogens with one attached hydrogen (secondary N) is 2. The highest BCUT2D eigenvalue weighted by Crippen LogP contribution is 2.23. The molecule has 0 atom stereocenters. The van der Waals surface area contributed by atoms with Gasteiger partial charge in [-0.05, 0) is 13.1 Å². The summed E-state index contributed by atoms with van der Waals surface area (Å²) in [5.41, 5.74) is 2.83. The fourth-order valence-corrected chi connectivity index (χ4v) is 2.79. The molecule has 24 heavy (non-hydrogen) atoms. The van der Waals surface area contributed by atoms with Crippen molar-refractivity contribution in [3.8, 4) is 0 Å². The number of nitrogens with zero attached hydrogens (tertiary/aromatic N) is 4. The van der Waals surface area contributed by atoms with E-state index in [1.807, 2.05) is 0 Å². The van der Waals surface area contributed by atoms with Gasteiger partial charge in [0.05, 0.1) is 10.6 Å². The monoisotopic (exact) mass is 328 g/mol. The third-order valence-corrected chi connectivity index (χ3v) is 4.03. The van der Waals surface area contributed by atoms with Crippen molar-refractivity contribution in [2.75, 3.05) is 37.3 Å². The Hall–Kier alpha value is -2.74. The molecule has 0 saturated carbocycles. The predicted molar refractivity (Wildman–Crippen MR) is 92.1 cm³/mol. The van der Waals surface area contributed by atoms with Gasteiger partial charge in [-0.3, -0.25) is 10.1 Å². The molecular weight excluding hydrogens is 308 g/mol. The Morgan fingerprint density at radius 2 is 2.04 bits per heavy atom. The van der Waals surface area contributed by atoms with Crippen molar-refractivity contribution in [2.45, 2.75) is 13.0 Å². The second kappa shape index (κ2) is 7.22. The van der Waals surface area contributed by atoms with Gasteiger partial charge in [-0.25, -0.2) is 9.97 Å².